The van der Waals surface area contributed by atoms with Crippen molar-refractivity contribution in [1.29, 1.82) is 0 Å². The fourth-order valence-corrected chi connectivity index (χ4v) is 2.28. The fraction of sp³-hybridized carbons (Fsp3) is 0.250. The molecule has 0 aromatic heterocycles. The van der Waals surface area contributed by atoms with E-state index >= 15 is 0 Å². The van der Waals surface area contributed by atoms with Crippen molar-refractivity contribution in [2.24, 2.45) is 0 Å². The molecule has 0 spiro atoms. The smallest absolute Gasteiger partial charge is 0.330 e. The molecule has 0 saturated heterocycles. The number of allylic oxidation sites excluding steroid dienone is 1. The highest BCUT2D eigenvalue weighted by Gasteiger charge is 2.05. The average Bonchev–Trinajstić information content (AvgIpc) is 2.58. The second kappa shape index (κ2) is 8.79. The van der Waals surface area contributed by atoms with Gasteiger partial charge >= 0.3 is 5.97 Å². The number of hydrogen-bond acceptors (Lipinski definition) is 2. The van der Waals surface area contributed by atoms with Crippen molar-refractivity contribution >= 4 is 5.97 Å². The van der Waals surface area contributed by atoms with Crippen molar-refractivity contribution in [2.75, 3.05) is 6.61 Å². The van der Waals surface area contributed by atoms with Gasteiger partial charge in [0.15, 0.2) is 0 Å². The molecule has 0 fully saturated rings. The summed E-state index contributed by atoms with van der Waals surface area (Å²) in [4.78, 5) is 10.7. The SMILES string of the molecule is CC(=CCCCCOc1ccccc1-c1ccccc1)C(=O)O. The van der Waals surface area contributed by atoms with E-state index in [0.717, 1.165) is 36.1 Å². The van der Waals surface area contributed by atoms with Crippen LogP contribution in [0.2, 0.25) is 0 Å². The van der Waals surface area contributed by atoms with Crippen LogP contribution in [0.3, 0.4) is 0 Å². The number of benzene rings is 2. The van der Waals surface area contributed by atoms with Crippen LogP contribution in [0, 0.1) is 0 Å². The minimum atomic E-state index is -0.849. The van der Waals surface area contributed by atoms with Crippen LogP contribution in [-0.2, 0) is 4.79 Å². The number of ether oxygens (including phenoxy) is 1. The zero-order valence-corrected chi connectivity index (χ0v) is 13.4. The number of hydrogen-bond donors (Lipinski definition) is 1. The van der Waals surface area contributed by atoms with Gasteiger partial charge in [0.25, 0.3) is 0 Å². The van der Waals surface area contributed by atoms with Crippen LogP contribution in [0.25, 0.3) is 11.1 Å². The van der Waals surface area contributed by atoms with E-state index in [1.165, 1.54) is 0 Å². The van der Waals surface area contributed by atoms with E-state index in [1.54, 1.807) is 13.0 Å². The largest absolute Gasteiger partial charge is 0.493 e. The Bertz CT molecular complexity index is 660. The first-order valence-electron chi connectivity index (χ1n) is 7.86. The van der Waals surface area contributed by atoms with Crippen LogP contribution in [0.1, 0.15) is 26.2 Å². The van der Waals surface area contributed by atoms with Crippen molar-refractivity contribution in [3.8, 4) is 16.9 Å². The molecule has 0 heterocycles. The van der Waals surface area contributed by atoms with Crippen molar-refractivity contribution in [3.05, 3.63) is 66.2 Å². The predicted molar refractivity (Wildman–Crippen MR) is 92.6 cm³/mol. The zero-order valence-electron chi connectivity index (χ0n) is 13.4. The molecule has 0 aliphatic carbocycles. The van der Waals surface area contributed by atoms with Crippen LogP contribution in [0.4, 0.5) is 0 Å². The summed E-state index contributed by atoms with van der Waals surface area (Å²) in [6.45, 7) is 2.25. The first-order valence-corrected chi connectivity index (χ1v) is 7.86. The van der Waals surface area contributed by atoms with Gasteiger partial charge in [-0.1, -0.05) is 54.6 Å². The summed E-state index contributed by atoms with van der Waals surface area (Å²) < 4.78 is 5.91. The van der Waals surface area contributed by atoms with Crippen molar-refractivity contribution in [2.45, 2.75) is 26.2 Å². The standard InChI is InChI=1S/C20H22O3/c1-16(20(21)22)10-4-3-9-15-23-19-14-8-7-13-18(19)17-11-5-2-6-12-17/h2,5-8,10-14H,3-4,9,15H2,1H3,(H,21,22). The van der Waals surface area contributed by atoms with Gasteiger partial charge in [-0.05, 0) is 37.8 Å². The molecular weight excluding hydrogens is 288 g/mol. The fourth-order valence-electron chi connectivity index (χ4n) is 2.28. The number of para-hydroxylation sites is 1. The molecule has 0 saturated carbocycles. The van der Waals surface area contributed by atoms with E-state index in [9.17, 15) is 4.79 Å². The maximum atomic E-state index is 10.7. The van der Waals surface area contributed by atoms with Crippen LogP contribution in [-0.4, -0.2) is 17.7 Å². The number of aliphatic carboxylic acids is 1. The lowest BCUT2D eigenvalue weighted by molar-refractivity contribution is -0.132. The summed E-state index contributed by atoms with van der Waals surface area (Å²) in [5.74, 6) is 0.0361. The average molecular weight is 310 g/mol. The highest BCUT2D eigenvalue weighted by molar-refractivity contribution is 5.85. The maximum absolute atomic E-state index is 10.7. The van der Waals surface area contributed by atoms with Gasteiger partial charge < -0.3 is 9.84 Å². The summed E-state index contributed by atoms with van der Waals surface area (Å²) in [6.07, 6.45) is 4.34. The van der Waals surface area contributed by atoms with Gasteiger partial charge in [0, 0.05) is 11.1 Å². The molecule has 3 heteroatoms. The van der Waals surface area contributed by atoms with E-state index in [-0.39, 0.29) is 0 Å². The minimum absolute atomic E-state index is 0.403. The molecule has 0 aliphatic heterocycles. The molecule has 2 rings (SSSR count). The molecule has 0 radical (unpaired) electrons. The third-order valence-corrected chi connectivity index (χ3v) is 3.62. The molecule has 0 amide bonds. The Kier molecular flexibility index (Phi) is 6.42. The molecule has 120 valence electrons. The molecule has 2 aromatic carbocycles. The Morgan fingerprint density at radius 1 is 1.04 bits per heavy atom. The van der Waals surface area contributed by atoms with Crippen LogP contribution < -0.4 is 4.74 Å². The number of carbonyl (C=O) groups is 1. The predicted octanol–water partition coefficient (Wildman–Crippen LogP) is 4.93. The third kappa shape index (κ3) is 5.29. The van der Waals surface area contributed by atoms with Gasteiger partial charge in [0.05, 0.1) is 6.61 Å². The molecule has 0 aliphatic rings. The van der Waals surface area contributed by atoms with Crippen LogP contribution in [0.5, 0.6) is 5.75 Å². The molecule has 23 heavy (non-hydrogen) atoms. The highest BCUT2D eigenvalue weighted by atomic mass is 16.5. The van der Waals surface area contributed by atoms with Crippen molar-refractivity contribution in [3.63, 3.8) is 0 Å². The van der Waals surface area contributed by atoms with Gasteiger partial charge in [-0.2, -0.15) is 0 Å². The van der Waals surface area contributed by atoms with Crippen molar-refractivity contribution in [1.82, 2.24) is 0 Å². The zero-order chi connectivity index (χ0) is 16.5. The lowest BCUT2D eigenvalue weighted by atomic mass is 10.1. The van der Waals surface area contributed by atoms with Gasteiger partial charge in [-0.3, -0.25) is 0 Å². The quantitative estimate of drug-likeness (QED) is 0.555. The van der Waals surface area contributed by atoms with Gasteiger partial charge in [0.2, 0.25) is 0 Å². The van der Waals surface area contributed by atoms with E-state index in [1.807, 2.05) is 36.4 Å². The Morgan fingerprint density at radius 2 is 1.74 bits per heavy atom. The van der Waals surface area contributed by atoms with Crippen molar-refractivity contribution < 1.29 is 14.6 Å². The van der Waals surface area contributed by atoms with Crippen LogP contribution >= 0.6 is 0 Å². The second-order valence-corrected chi connectivity index (χ2v) is 5.40. The summed E-state index contributed by atoms with van der Waals surface area (Å²) in [5.41, 5.74) is 2.64. The monoisotopic (exact) mass is 310 g/mol. The normalized spacial score (nSPS) is 11.3. The number of unbranched alkanes of at least 4 members (excludes halogenated alkanes) is 2. The van der Waals surface area contributed by atoms with E-state index < -0.39 is 5.97 Å². The molecule has 2 aromatic rings. The minimum Gasteiger partial charge on any atom is -0.493 e. The molecule has 3 nitrogen and oxygen atoms in total. The third-order valence-electron chi connectivity index (χ3n) is 3.62. The summed E-state index contributed by atoms with van der Waals surface area (Å²) in [6, 6.07) is 18.2. The molecule has 0 unspecified atom stereocenters. The van der Waals surface area contributed by atoms with E-state index in [4.69, 9.17) is 9.84 Å². The topological polar surface area (TPSA) is 46.5 Å². The first-order chi connectivity index (χ1) is 11.2. The maximum Gasteiger partial charge on any atom is 0.330 e. The molecule has 0 atom stereocenters. The highest BCUT2D eigenvalue weighted by Crippen LogP contribution is 2.29. The van der Waals surface area contributed by atoms with E-state index in [0.29, 0.717) is 12.2 Å². The molecule has 1 N–H and O–H groups in total. The molecular formula is C20H22O3. The lowest BCUT2D eigenvalue weighted by Gasteiger charge is -2.11. The Morgan fingerprint density at radius 3 is 2.48 bits per heavy atom. The van der Waals surface area contributed by atoms with Crippen LogP contribution in [0.15, 0.2) is 66.2 Å². The Labute approximate surface area is 137 Å². The Hall–Kier alpha value is -2.55. The van der Waals surface area contributed by atoms with Gasteiger partial charge in [0.1, 0.15) is 5.75 Å². The van der Waals surface area contributed by atoms with E-state index in [2.05, 4.69) is 18.2 Å². The summed E-state index contributed by atoms with van der Waals surface area (Å²) >= 11 is 0. The lowest BCUT2D eigenvalue weighted by Crippen LogP contribution is -1.99. The van der Waals surface area contributed by atoms with Gasteiger partial charge in [-0.25, -0.2) is 4.79 Å². The number of rotatable bonds is 8. The summed E-state index contributed by atoms with van der Waals surface area (Å²) in [7, 11) is 0. The number of carboxylic acids is 1. The first kappa shape index (κ1) is 16.8. The Balaban J connectivity index is 1.85. The summed E-state index contributed by atoms with van der Waals surface area (Å²) in [5, 5.41) is 8.78. The number of carboxylic acid groups (broad SMARTS) is 1. The second-order valence-electron chi connectivity index (χ2n) is 5.40. The molecule has 0 bridgehead atoms. The van der Waals surface area contributed by atoms with Gasteiger partial charge in [-0.15, -0.1) is 0 Å².